The molecule has 1 saturated heterocycles. The van der Waals surface area contributed by atoms with Crippen LogP contribution in [0, 0.1) is 0 Å². The summed E-state index contributed by atoms with van der Waals surface area (Å²) in [6.45, 7) is 0. The van der Waals surface area contributed by atoms with Crippen LogP contribution in [-0.4, -0.2) is 71.9 Å². The lowest BCUT2D eigenvalue weighted by Crippen LogP contribution is -2.70. The number of hydrogen-bond donors (Lipinski definition) is 4. The molecule has 0 aliphatic carbocycles. The van der Waals surface area contributed by atoms with Crippen molar-refractivity contribution in [2.45, 2.75) is 29.2 Å². The molecule has 1 aromatic carbocycles. The molecule has 1 unspecified atom stereocenters. The topological polar surface area (TPSA) is 189 Å². The molecular weight excluding hydrogens is 486 g/mol. The monoisotopic (exact) mass is 505 g/mol. The zero-order chi connectivity index (χ0) is 24.4. The number of carboxylic acids is 1. The van der Waals surface area contributed by atoms with Gasteiger partial charge in [-0.25, -0.2) is 4.79 Å². The van der Waals surface area contributed by atoms with Crippen LogP contribution in [0.5, 0.6) is 0 Å². The molecule has 1 aromatic heterocycles. The predicted molar refractivity (Wildman–Crippen MR) is 119 cm³/mol. The van der Waals surface area contributed by atoms with Crippen LogP contribution >= 0.6 is 23.5 Å². The number of fused-ring (bicyclic) bond motifs is 1. The predicted octanol–water partition coefficient (Wildman–Crippen LogP) is -0.338. The first kappa shape index (κ1) is 23.8. The van der Waals surface area contributed by atoms with Crippen molar-refractivity contribution in [1.29, 1.82) is 0 Å². The highest BCUT2D eigenvalue weighted by molar-refractivity contribution is 8.01. The number of aliphatic carboxylic acids is 1. The van der Waals surface area contributed by atoms with Gasteiger partial charge in [0, 0.05) is 11.5 Å². The lowest BCUT2D eigenvalue weighted by Gasteiger charge is -2.49. The highest BCUT2D eigenvalue weighted by Crippen LogP contribution is 2.41. The van der Waals surface area contributed by atoms with Crippen LogP contribution in [0.25, 0.3) is 0 Å². The summed E-state index contributed by atoms with van der Waals surface area (Å²) in [4.78, 5) is 49.2. The molecule has 2 aliphatic heterocycles. The second-order valence-electron chi connectivity index (χ2n) is 7.36. The van der Waals surface area contributed by atoms with E-state index in [2.05, 4.69) is 15.5 Å². The van der Waals surface area contributed by atoms with Gasteiger partial charge in [0.1, 0.15) is 23.5 Å². The van der Waals surface area contributed by atoms with Crippen LogP contribution in [0.1, 0.15) is 17.6 Å². The average Bonchev–Trinajstić information content (AvgIpc) is 3.26. The zero-order valence-electron chi connectivity index (χ0n) is 17.4. The molecule has 0 spiro atoms. The first-order valence-corrected chi connectivity index (χ1v) is 12.0. The molecular formula is C20H19N5O7S2. The molecule has 3 heterocycles. The summed E-state index contributed by atoms with van der Waals surface area (Å²) < 4.78 is 5.30. The molecule has 0 radical (unpaired) electrons. The van der Waals surface area contributed by atoms with Gasteiger partial charge in [0.05, 0.1) is 0 Å². The molecule has 5 N–H and O–H groups in total. The number of aliphatic hydroxyl groups is 1. The van der Waals surface area contributed by atoms with E-state index < -0.39 is 41.2 Å². The summed E-state index contributed by atoms with van der Waals surface area (Å²) >= 11 is 2.37. The van der Waals surface area contributed by atoms with Crippen molar-refractivity contribution in [3.05, 3.63) is 53.1 Å². The Kier molecular flexibility index (Phi) is 6.90. The minimum Gasteiger partial charge on any atom is -0.477 e. The molecule has 0 bridgehead atoms. The van der Waals surface area contributed by atoms with Gasteiger partial charge < -0.3 is 25.7 Å². The summed E-state index contributed by atoms with van der Waals surface area (Å²) in [5.74, 6) is -2.72. The van der Waals surface area contributed by atoms with Gasteiger partial charge >= 0.3 is 5.97 Å². The molecule has 4 rings (SSSR count). The molecule has 178 valence electrons. The lowest BCUT2D eigenvalue weighted by atomic mass is 10.0. The lowest BCUT2D eigenvalue weighted by molar-refractivity contribution is -0.151. The fraction of sp³-hybridized carbons (Fsp3) is 0.300. The number of rotatable bonds is 9. The third kappa shape index (κ3) is 4.78. The van der Waals surface area contributed by atoms with E-state index in [9.17, 15) is 29.4 Å². The molecule has 14 heteroatoms. The third-order valence-electron chi connectivity index (χ3n) is 5.05. The SMILES string of the molecule is NC(=O)Cc1nnc(SCC2=C(C(=O)O)N3C(=O)C(NC(=O)[C@H](O)c4ccccc4)[C@H]3SC2)o1. The number of nitrogens with two attached hydrogens (primary N) is 1. The highest BCUT2D eigenvalue weighted by Gasteiger charge is 2.54. The molecule has 0 saturated carbocycles. The van der Waals surface area contributed by atoms with Gasteiger partial charge in [-0.15, -0.1) is 22.0 Å². The molecule has 34 heavy (non-hydrogen) atoms. The van der Waals surface area contributed by atoms with E-state index in [0.29, 0.717) is 16.9 Å². The molecule has 2 aliphatic rings. The van der Waals surface area contributed by atoms with Crippen molar-refractivity contribution >= 4 is 47.2 Å². The summed E-state index contributed by atoms with van der Waals surface area (Å²) in [5, 5.41) is 29.5. The van der Waals surface area contributed by atoms with E-state index in [1.807, 2.05) is 0 Å². The van der Waals surface area contributed by atoms with Gasteiger partial charge in [-0.05, 0) is 11.1 Å². The number of aliphatic hydroxyl groups excluding tert-OH is 1. The Morgan fingerprint density at radius 2 is 2.03 bits per heavy atom. The van der Waals surface area contributed by atoms with Crippen LogP contribution in [0.15, 0.2) is 51.2 Å². The summed E-state index contributed by atoms with van der Waals surface area (Å²) in [5.41, 5.74) is 5.77. The van der Waals surface area contributed by atoms with Crippen molar-refractivity contribution in [3.8, 4) is 0 Å². The summed E-state index contributed by atoms with van der Waals surface area (Å²) in [7, 11) is 0. The van der Waals surface area contributed by atoms with Crippen LogP contribution in [-0.2, 0) is 25.6 Å². The number of amides is 3. The van der Waals surface area contributed by atoms with E-state index in [0.717, 1.165) is 16.7 Å². The number of nitrogens with one attached hydrogen (secondary N) is 1. The van der Waals surface area contributed by atoms with E-state index in [-0.39, 0.29) is 29.0 Å². The summed E-state index contributed by atoms with van der Waals surface area (Å²) in [6.07, 6.45) is -1.66. The first-order chi connectivity index (χ1) is 16.3. The Morgan fingerprint density at radius 3 is 2.71 bits per heavy atom. The van der Waals surface area contributed by atoms with E-state index in [1.165, 1.54) is 11.8 Å². The van der Waals surface area contributed by atoms with Crippen LogP contribution in [0.4, 0.5) is 0 Å². The number of nitrogens with zero attached hydrogens (tertiary/aromatic N) is 3. The minimum absolute atomic E-state index is 0.0507. The number of carbonyl (C=O) groups is 4. The van der Waals surface area contributed by atoms with Crippen LogP contribution in [0.2, 0.25) is 0 Å². The second kappa shape index (κ2) is 9.87. The number of benzene rings is 1. The Morgan fingerprint density at radius 1 is 1.29 bits per heavy atom. The molecule has 3 atom stereocenters. The van der Waals surface area contributed by atoms with Gasteiger partial charge in [0.2, 0.25) is 11.8 Å². The molecule has 2 aromatic rings. The third-order valence-corrected chi connectivity index (χ3v) is 7.30. The minimum atomic E-state index is -1.45. The largest absolute Gasteiger partial charge is 0.477 e. The van der Waals surface area contributed by atoms with E-state index in [4.69, 9.17) is 10.2 Å². The number of hydrogen-bond acceptors (Lipinski definition) is 10. The maximum absolute atomic E-state index is 12.8. The average molecular weight is 506 g/mol. The zero-order valence-corrected chi connectivity index (χ0v) is 19.0. The molecule has 1 fully saturated rings. The normalized spacial score (nSPS) is 20.4. The summed E-state index contributed by atoms with van der Waals surface area (Å²) in [6, 6.07) is 7.32. The Labute approximate surface area is 200 Å². The number of primary amides is 1. The highest BCUT2D eigenvalue weighted by atomic mass is 32.2. The Balaban J connectivity index is 1.43. The first-order valence-electron chi connectivity index (χ1n) is 9.93. The van der Waals surface area contributed by atoms with Crippen LogP contribution < -0.4 is 11.1 Å². The van der Waals surface area contributed by atoms with Crippen molar-refractivity contribution in [1.82, 2.24) is 20.4 Å². The smallest absolute Gasteiger partial charge is 0.352 e. The number of aromatic nitrogens is 2. The number of carboxylic acid groups (broad SMARTS) is 1. The molecule has 3 amide bonds. The van der Waals surface area contributed by atoms with Gasteiger partial charge in [-0.2, -0.15) is 0 Å². The van der Waals surface area contributed by atoms with Crippen molar-refractivity contribution in [2.24, 2.45) is 5.73 Å². The van der Waals surface area contributed by atoms with E-state index >= 15 is 0 Å². The Bertz CT molecular complexity index is 1170. The maximum Gasteiger partial charge on any atom is 0.352 e. The fourth-order valence-corrected chi connectivity index (χ4v) is 5.74. The van der Waals surface area contributed by atoms with E-state index in [1.54, 1.807) is 30.3 Å². The molecule has 12 nitrogen and oxygen atoms in total. The van der Waals surface area contributed by atoms with Gasteiger partial charge in [0.25, 0.3) is 17.0 Å². The van der Waals surface area contributed by atoms with Crippen molar-refractivity contribution in [2.75, 3.05) is 11.5 Å². The van der Waals surface area contributed by atoms with Crippen LogP contribution in [0.3, 0.4) is 0 Å². The second-order valence-corrected chi connectivity index (χ2v) is 9.39. The van der Waals surface area contributed by atoms with Gasteiger partial charge in [0.15, 0.2) is 6.10 Å². The maximum atomic E-state index is 12.8. The quantitative estimate of drug-likeness (QED) is 0.258. The number of thioether (sulfide) groups is 2. The van der Waals surface area contributed by atoms with Crippen molar-refractivity contribution < 1.29 is 33.8 Å². The van der Waals surface area contributed by atoms with Gasteiger partial charge in [-0.1, -0.05) is 42.1 Å². The number of carbonyl (C=O) groups excluding carboxylic acids is 3. The van der Waals surface area contributed by atoms with Gasteiger partial charge in [-0.3, -0.25) is 19.3 Å². The standard InChI is InChI=1S/C20H19N5O7S2/c21-11(26)6-12-23-24-20(32-12)34-8-10-7-33-18-13(17(29)25(18)14(10)19(30)31)22-16(28)15(27)9-4-2-1-3-5-9/h1-5,13,15,18,27H,6-8H2,(H2,21,26)(H,22,28)(H,30,31)/t13?,15-,18-/m1/s1. The fourth-order valence-electron chi connectivity index (χ4n) is 3.48. The number of β-lactam (4-membered cyclic amide) rings is 1. The Hall–Kier alpha value is -3.36. The van der Waals surface area contributed by atoms with Crippen molar-refractivity contribution in [3.63, 3.8) is 0 Å².